The zero-order valence-corrected chi connectivity index (χ0v) is 15.5. The molecule has 0 bridgehead atoms. The summed E-state index contributed by atoms with van der Waals surface area (Å²) in [6.07, 6.45) is -0.590. The number of hydrogen-bond donors (Lipinski definition) is 0. The van der Waals surface area contributed by atoms with Crippen molar-refractivity contribution in [2.24, 2.45) is 11.3 Å². The van der Waals surface area contributed by atoms with E-state index in [1.807, 2.05) is 0 Å². The number of carbonyl (C=O) groups excluding carboxylic acids is 1. The van der Waals surface area contributed by atoms with Crippen molar-refractivity contribution in [3.8, 4) is 5.75 Å². The summed E-state index contributed by atoms with van der Waals surface area (Å²) in [4.78, 5) is 18.9. The smallest absolute Gasteiger partial charge is 0.392 e. The number of nitrogens with zero attached hydrogens (tertiary/aromatic N) is 3. The first kappa shape index (κ1) is 19.0. The monoisotopic (exact) mass is 397 g/mol. The number of pyridine rings is 1. The maximum Gasteiger partial charge on any atom is 0.392 e. The topological polar surface area (TPSA) is 56.1 Å². The Kier molecular flexibility index (Phi) is 4.73. The fraction of sp³-hybridized carbons (Fsp3) is 0.579. The number of alkyl halides is 3. The Morgan fingerprint density at radius 2 is 2.11 bits per heavy atom. The summed E-state index contributed by atoms with van der Waals surface area (Å²) in [7, 11) is 1.54. The van der Waals surface area contributed by atoms with E-state index in [2.05, 4.69) is 4.98 Å². The maximum absolute atomic E-state index is 13.7. The van der Waals surface area contributed by atoms with Gasteiger partial charge in [-0.1, -0.05) is 0 Å². The molecule has 28 heavy (non-hydrogen) atoms. The lowest BCUT2D eigenvalue weighted by Gasteiger charge is -2.50. The van der Waals surface area contributed by atoms with Crippen molar-refractivity contribution in [1.29, 1.82) is 0 Å². The maximum atomic E-state index is 13.7. The van der Waals surface area contributed by atoms with Gasteiger partial charge in [-0.05, 0) is 25.3 Å². The average Bonchev–Trinajstić information content (AvgIpc) is 3.10. The summed E-state index contributed by atoms with van der Waals surface area (Å²) in [6, 6.07) is 3.41. The van der Waals surface area contributed by atoms with Crippen LogP contribution in [0, 0.1) is 11.3 Å². The van der Waals surface area contributed by atoms with E-state index in [0.29, 0.717) is 43.1 Å². The van der Waals surface area contributed by atoms with E-state index in [-0.39, 0.29) is 25.4 Å². The molecule has 4 rings (SSSR count). The zero-order chi connectivity index (χ0) is 19.9. The van der Waals surface area contributed by atoms with E-state index in [1.165, 1.54) is 6.20 Å². The number of imidazole rings is 1. The normalized spacial score (nSPS) is 22.6. The van der Waals surface area contributed by atoms with Gasteiger partial charge in [-0.15, -0.1) is 0 Å². The van der Waals surface area contributed by atoms with Gasteiger partial charge in [0.1, 0.15) is 17.1 Å². The standard InChI is InChI=1S/C19H22F3N3O3/c1-27-13-2-7-25-14(11-23-16(25)10-13)17(26)24-6-3-15(19(20,21)22)18(12-24)4-8-28-9-5-18/h2,7,10-11,15H,3-6,8-9,12H2,1H3. The van der Waals surface area contributed by atoms with Gasteiger partial charge in [0.25, 0.3) is 5.91 Å². The molecule has 0 aromatic carbocycles. The Morgan fingerprint density at radius 3 is 2.79 bits per heavy atom. The molecule has 1 amide bonds. The highest BCUT2D eigenvalue weighted by molar-refractivity contribution is 5.93. The van der Waals surface area contributed by atoms with Gasteiger partial charge in [-0.2, -0.15) is 13.2 Å². The lowest BCUT2D eigenvalue weighted by Crippen LogP contribution is -2.56. The molecule has 152 valence electrons. The Balaban J connectivity index is 1.62. The molecule has 9 heteroatoms. The van der Waals surface area contributed by atoms with Crippen LogP contribution in [0.1, 0.15) is 29.8 Å². The van der Waals surface area contributed by atoms with E-state index in [4.69, 9.17) is 9.47 Å². The van der Waals surface area contributed by atoms with Crippen molar-refractivity contribution in [1.82, 2.24) is 14.3 Å². The molecule has 0 saturated carbocycles. The highest BCUT2D eigenvalue weighted by Gasteiger charge is 2.56. The highest BCUT2D eigenvalue weighted by Crippen LogP contribution is 2.51. The van der Waals surface area contributed by atoms with Crippen LogP contribution in [0.15, 0.2) is 24.5 Å². The molecule has 1 spiro atoms. The van der Waals surface area contributed by atoms with Crippen LogP contribution in [0.25, 0.3) is 5.65 Å². The summed E-state index contributed by atoms with van der Waals surface area (Å²) in [6.45, 7) is 0.756. The van der Waals surface area contributed by atoms with Gasteiger partial charge in [0.15, 0.2) is 0 Å². The number of amides is 1. The fourth-order valence-corrected chi connectivity index (χ4v) is 4.54. The molecule has 2 fully saturated rings. The lowest BCUT2D eigenvalue weighted by atomic mass is 9.65. The third kappa shape index (κ3) is 3.21. The fourth-order valence-electron chi connectivity index (χ4n) is 4.54. The number of likely N-dealkylation sites (tertiary alicyclic amines) is 1. The zero-order valence-electron chi connectivity index (χ0n) is 15.5. The molecule has 2 aliphatic heterocycles. The Bertz CT molecular complexity index is 874. The number of fused-ring (bicyclic) bond motifs is 1. The van der Waals surface area contributed by atoms with Crippen LogP contribution in [-0.4, -0.2) is 59.8 Å². The van der Waals surface area contributed by atoms with E-state index in [9.17, 15) is 18.0 Å². The van der Waals surface area contributed by atoms with Crippen molar-refractivity contribution < 1.29 is 27.4 Å². The molecule has 0 aliphatic carbocycles. The van der Waals surface area contributed by atoms with Crippen LogP contribution < -0.4 is 4.74 Å². The molecule has 2 aromatic rings. The number of rotatable bonds is 2. The number of aromatic nitrogens is 2. The van der Waals surface area contributed by atoms with Crippen molar-refractivity contribution in [3.63, 3.8) is 0 Å². The van der Waals surface area contributed by atoms with Crippen LogP contribution in [0.5, 0.6) is 5.75 Å². The van der Waals surface area contributed by atoms with Crippen molar-refractivity contribution in [2.75, 3.05) is 33.4 Å². The summed E-state index contributed by atoms with van der Waals surface area (Å²) in [5, 5.41) is 0. The van der Waals surface area contributed by atoms with E-state index >= 15 is 0 Å². The third-order valence-electron chi connectivity index (χ3n) is 6.04. The molecular formula is C19H22F3N3O3. The van der Waals surface area contributed by atoms with Crippen molar-refractivity contribution in [2.45, 2.75) is 25.4 Å². The lowest BCUT2D eigenvalue weighted by molar-refractivity contribution is -0.232. The Labute approximate surface area is 160 Å². The minimum Gasteiger partial charge on any atom is -0.497 e. The summed E-state index contributed by atoms with van der Waals surface area (Å²) < 4.78 is 53.2. The van der Waals surface area contributed by atoms with Gasteiger partial charge < -0.3 is 14.4 Å². The molecular weight excluding hydrogens is 375 g/mol. The second kappa shape index (κ2) is 6.95. The third-order valence-corrected chi connectivity index (χ3v) is 6.04. The second-order valence-corrected chi connectivity index (χ2v) is 7.52. The Morgan fingerprint density at radius 1 is 1.36 bits per heavy atom. The van der Waals surface area contributed by atoms with Gasteiger partial charge in [0.05, 0.1) is 19.2 Å². The van der Waals surface area contributed by atoms with Gasteiger partial charge >= 0.3 is 6.18 Å². The van der Waals surface area contributed by atoms with E-state index in [1.54, 1.807) is 34.7 Å². The number of methoxy groups -OCH3 is 1. The number of halogens is 3. The van der Waals surface area contributed by atoms with Gasteiger partial charge in [-0.3, -0.25) is 9.20 Å². The summed E-state index contributed by atoms with van der Waals surface area (Å²) in [5.41, 5.74) is -0.0901. The van der Waals surface area contributed by atoms with Crippen LogP contribution in [0.2, 0.25) is 0 Å². The molecule has 6 nitrogen and oxygen atoms in total. The molecule has 2 aliphatic rings. The van der Waals surface area contributed by atoms with Crippen LogP contribution >= 0.6 is 0 Å². The highest BCUT2D eigenvalue weighted by atomic mass is 19.4. The average molecular weight is 397 g/mol. The summed E-state index contributed by atoms with van der Waals surface area (Å²) in [5.74, 6) is -1.09. The molecule has 2 saturated heterocycles. The molecule has 1 unspecified atom stereocenters. The first-order valence-electron chi connectivity index (χ1n) is 9.29. The quantitative estimate of drug-likeness (QED) is 0.781. The van der Waals surface area contributed by atoms with Crippen molar-refractivity contribution in [3.05, 3.63) is 30.2 Å². The number of carbonyl (C=O) groups is 1. The molecule has 0 N–H and O–H groups in total. The number of piperidine rings is 1. The summed E-state index contributed by atoms with van der Waals surface area (Å²) >= 11 is 0. The number of hydrogen-bond acceptors (Lipinski definition) is 4. The van der Waals surface area contributed by atoms with Gasteiger partial charge in [0, 0.05) is 44.0 Å². The van der Waals surface area contributed by atoms with E-state index < -0.39 is 17.5 Å². The van der Waals surface area contributed by atoms with Crippen molar-refractivity contribution >= 4 is 11.6 Å². The predicted molar refractivity (Wildman–Crippen MR) is 94.3 cm³/mol. The minimum atomic E-state index is -4.27. The van der Waals surface area contributed by atoms with Crippen LogP contribution in [-0.2, 0) is 4.74 Å². The van der Waals surface area contributed by atoms with E-state index in [0.717, 1.165) is 0 Å². The largest absolute Gasteiger partial charge is 0.497 e. The van der Waals surface area contributed by atoms with Crippen LogP contribution in [0.4, 0.5) is 13.2 Å². The second-order valence-electron chi connectivity index (χ2n) is 7.52. The number of ether oxygens (including phenoxy) is 2. The first-order chi connectivity index (χ1) is 13.3. The first-order valence-corrected chi connectivity index (χ1v) is 9.29. The van der Waals surface area contributed by atoms with Gasteiger partial charge in [-0.25, -0.2) is 4.98 Å². The predicted octanol–water partition coefficient (Wildman–Crippen LogP) is 3.16. The minimum absolute atomic E-state index is 0.0784. The SMILES string of the molecule is COc1ccn2c(C(=O)N3CCC(C(F)(F)F)C4(CCOCC4)C3)cnc2c1. The Hall–Kier alpha value is -2.29. The molecule has 2 aromatic heterocycles. The molecule has 4 heterocycles. The molecule has 0 radical (unpaired) electrons. The van der Waals surface area contributed by atoms with Crippen LogP contribution in [0.3, 0.4) is 0 Å². The van der Waals surface area contributed by atoms with Gasteiger partial charge in [0.2, 0.25) is 0 Å². The molecule has 1 atom stereocenters.